The smallest absolute Gasteiger partial charge is 0.240 e. The first kappa shape index (κ1) is 22.9. The summed E-state index contributed by atoms with van der Waals surface area (Å²) in [4.78, 5) is 5.98. The van der Waals surface area contributed by atoms with Crippen molar-refractivity contribution in [2.45, 2.75) is 62.4 Å². The van der Waals surface area contributed by atoms with E-state index in [1.807, 2.05) is 6.92 Å². The minimum atomic E-state index is -3.44. The van der Waals surface area contributed by atoms with Gasteiger partial charge in [-0.15, -0.1) is 0 Å². The highest BCUT2D eigenvalue weighted by Gasteiger charge is 2.19. The number of hydrogen-bond acceptors (Lipinski definition) is 5. The van der Waals surface area contributed by atoms with E-state index >= 15 is 0 Å². The van der Waals surface area contributed by atoms with Crippen LogP contribution in [-0.4, -0.2) is 27.6 Å². The van der Waals surface area contributed by atoms with Gasteiger partial charge in [0.25, 0.3) is 0 Å². The molecule has 30 heavy (non-hydrogen) atoms. The molecule has 3 rings (SSSR count). The molecular formula is C23H33N3O3S. The van der Waals surface area contributed by atoms with Crippen LogP contribution >= 0.6 is 0 Å². The van der Waals surface area contributed by atoms with Crippen LogP contribution in [0.5, 0.6) is 0 Å². The zero-order valence-corrected chi connectivity index (χ0v) is 18.5. The molecule has 164 valence electrons. The molecule has 0 spiro atoms. The van der Waals surface area contributed by atoms with Crippen LogP contribution in [0.3, 0.4) is 0 Å². The molecule has 0 bridgehead atoms. The standard InChI is InChI=1S/C23H33N3O3S/c1-18-12-14-21(15-13-18)30(27,28)25-16-5-4-9-20(24)17-29-26-23-11-6-8-19-7-2-3-10-22(19)23/h2-3,7,10,12-15,20,23,25-26H,4-6,8-9,11,16-17,24H2,1H3/t20-,23?/m0/s1. The van der Waals surface area contributed by atoms with Crippen molar-refractivity contribution in [3.63, 3.8) is 0 Å². The summed E-state index contributed by atoms with van der Waals surface area (Å²) in [6, 6.07) is 15.5. The van der Waals surface area contributed by atoms with Crippen molar-refractivity contribution in [3.8, 4) is 0 Å². The molecule has 0 amide bonds. The summed E-state index contributed by atoms with van der Waals surface area (Å²) in [6.07, 6.45) is 5.71. The van der Waals surface area contributed by atoms with Crippen molar-refractivity contribution in [1.82, 2.24) is 10.2 Å². The van der Waals surface area contributed by atoms with Crippen LogP contribution in [0.25, 0.3) is 0 Å². The second-order valence-electron chi connectivity index (χ2n) is 8.04. The lowest BCUT2D eigenvalue weighted by molar-refractivity contribution is 0.00267. The molecule has 1 aliphatic rings. The number of benzene rings is 2. The largest absolute Gasteiger partial charge is 0.326 e. The monoisotopic (exact) mass is 431 g/mol. The van der Waals surface area contributed by atoms with Crippen LogP contribution in [0, 0.1) is 6.92 Å². The Kier molecular flexibility index (Phi) is 8.41. The van der Waals surface area contributed by atoms with Gasteiger partial charge in [0, 0.05) is 12.6 Å². The average molecular weight is 432 g/mol. The second kappa shape index (κ2) is 11.0. The van der Waals surface area contributed by atoms with Crippen molar-refractivity contribution in [2.75, 3.05) is 13.2 Å². The molecule has 0 saturated carbocycles. The van der Waals surface area contributed by atoms with E-state index < -0.39 is 10.0 Å². The number of hydrogen-bond donors (Lipinski definition) is 3. The normalized spacial score (nSPS) is 17.5. The highest BCUT2D eigenvalue weighted by atomic mass is 32.2. The summed E-state index contributed by atoms with van der Waals surface area (Å²) in [7, 11) is -3.44. The molecule has 6 nitrogen and oxygen atoms in total. The minimum absolute atomic E-state index is 0.0787. The maximum absolute atomic E-state index is 12.3. The fraction of sp³-hybridized carbons (Fsp3) is 0.478. The zero-order chi connectivity index (χ0) is 21.4. The molecule has 0 radical (unpaired) electrons. The number of fused-ring (bicyclic) bond motifs is 1. The van der Waals surface area contributed by atoms with Crippen molar-refractivity contribution in [1.29, 1.82) is 0 Å². The number of nitrogens with one attached hydrogen (secondary N) is 2. The van der Waals surface area contributed by atoms with Crippen LogP contribution in [0.2, 0.25) is 0 Å². The Hall–Kier alpha value is -1.77. The summed E-state index contributed by atoms with van der Waals surface area (Å²) in [6.45, 7) is 2.77. The van der Waals surface area contributed by atoms with Crippen molar-refractivity contribution in [3.05, 3.63) is 65.2 Å². The Morgan fingerprint density at radius 3 is 2.70 bits per heavy atom. The van der Waals surface area contributed by atoms with E-state index in [-0.39, 0.29) is 12.1 Å². The van der Waals surface area contributed by atoms with E-state index in [2.05, 4.69) is 34.5 Å². The Morgan fingerprint density at radius 2 is 1.90 bits per heavy atom. The third kappa shape index (κ3) is 6.62. The summed E-state index contributed by atoms with van der Waals surface area (Å²) in [5.41, 5.74) is 13.1. The first-order valence-electron chi connectivity index (χ1n) is 10.7. The Morgan fingerprint density at radius 1 is 1.13 bits per heavy atom. The second-order valence-corrected chi connectivity index (χ2v) is 9.81. The summed E-state index contributed by atoms with van der Waals surface area (Å²) < 4.78 is 27.2. The van der Waals surface area contributed by atoms with E-state index in [1.54, 1.807) is 24.3 Å². The molecule has 2 aromatic rings. The van der Waals surface area contributed by atoms with E-state index in [9.17, 15) is 8.42 Å². The van der Waals surface area contributed by atoms with Gasteiger partial charge in [-0.2, -0.15) is 5.48 Å². The van der Waals surface area contributed by atoms with Crippen LogP contribution in [-0.2, 0) is 21.3 Å². The summed E-state index contributed by atoms with van der Waals surface area (Å²) >= 11 is 0. The number of sulfonamides is 1. The Labute approximate surface area is 180 Å². The maximum atomic E-state index is 12.3. The van der Waals surface area contributed by atoms with E-state index in [0.29, 0.717) is 18.0 Å². The lowest BCUT2D eigenvalue weighted by Gasteiger charge is -2.26. The van der Waals surface area contributed by atoms with Gasteiger partial charge in [-0.3, -0.25) is 4.84 Å². The quantitative estimate of drug-likeness (QED) is 0.375. The lowest BCUT2D eigenvalue weighted by Crippen LogP contribution is -2.33. The van der Waals surface area contributed by atoms with Gasteiger partial charge in [0.15, 0.2) is 0 Å². The average Bonchev–Trinajstić information content (AvgIpc) is 2.74. The van der Waals surface area contributed by atoms with Gasteiger partial charge in [0.2, 0.25) is 10.0 Å². The van der Waals surface area contributed by atoms with Crippen molar-refractivity contribution < 1.29 is 13.3 Å². The van der Waals surface area contributed by atoms with Crippen molar-refractivity contribution >= 4 is 10.0 Å². The first-order valence-corrected chi connectivity index (χ1v) is 12.2. The van der Waals surface area contributed by atoms with Crippen LogP contribution in [0.15, 0.2) is 53.4 Å². The lowest BCUT2D eigenvalue weighted by atomic mass is 9.88. The Bertz CT molecular complexity index is 900. The third-order valence-electron chi connectivity index (χ3n) is 5.52. The van der Waals surface area contributed by atoms with Crippen LogP contribution in [0.4, 0.5) is 0 Å². The number of rotatable bonds is 11. The third-order valence-corrected chi connectivity index (χ3v) is 6.99. The number of aryl methyl sites for hydroxylation is 2. The predicted molar refractivity (Wildman–Crippen MR) is 119 cm³/mol. The highest BCUT2D eigenvalue weighted by Crippen LogP contribution is 2.29. The van der Waals surface area contributed by atoms with Crippen molar-refractivity contribution in [2.24, 2.45) is 5.73 Å². The molecular weight excluding hydrogens is 398 g/mol. The van der Waals surface area contributed by atoms with E-state index in [1.165, 1.54) is 11.1 Å². The fourth-order valence-corrected chi connectivity index (χ4v) is 4.83. The topological polar surface area (TPSA) is 93.5 Å². The molecule has 0 saturated heterocycles. The molecule has 0 heterocycles. The highest BCUT2D eigenvalue weighted by molar-refractivity contribution is 7.89. The summed E-state index contributed by atoms with van der Waals surface area (Å²) in [5.74, 6) is 0. The van der Waals surface area contributed by atoms with Gasteiger partial charge in [0.05, 0.1) is 17.5 Å². The molecule has 2 atom stereocenters. The zero-order valence-electron chi connectivity index (χ0n) is 17.6. The fourth-order valence-electron chi connectivity index (χ4n) is 3.75. The predicted octanol–water partition coefficient (Wildman–Crippen LogP) is 3.37. The van der Waals surface area contributed by atoms with Crippen LogP contribution in [0.1, 0.15) is 54.8 Å². The molecule has 0 fully saturated rings. The van der Waals surface area contributed by atoms with Crippen LogP contribution < -0.4 is 15.9 Å². The molecule has 0 aromatic heterocycles. The van der Waals surface area contributed by atoms with Gasteiger partial charge in [-0.25, -0.2) is 13.1 Å². The molecule has 0 aliphatic heterocycles. The SMILES string of the molecule is Cc1ccc(S(=O)(=O)NCCCC[C@H](N)CONC2CCCc3ccccc32)cc1. The van der Waals surface area contributed by atoms with Gasteiger partial charge in [-0.05, 0) is 62.3 Å². The van der Waals surface area contributed by atoms with Gasteiger partial charge in [-0.1, -0.05) is 48.4 Å². The maximum Gasteiger partial charge on any atom is 0.240 e. The molecule has 7 heteroatoms. The van der Waals surface area contributed by atoms with Gasteiger partial charge < -0.3 is 5.73 Å². The minimum Gasteiger partial charge on any atom is -0.326 e. The Balaban J connectivity index is 1.30. The molecule has 1 unspecified atom stereocenters. The molecule has 2 aromatic carbocycles. The number of hydroxylamine groups is 1. The first-order chi connectivity index (χ1) is 14.5. The van der Waals surface area contributed by atoms with Gasteiger partial charge in [0.1, 0.15) is 0 Å². The number of unbranched alkanes of at least 4 members (excludes halogenated alkanes) is 1. The van der Waals surface area contributed by atoms with E-state index in [0.717, 1.165) is 44.1 Å². The molecule has 4 N–H and O–H groups in total. The van der Waals surface area contributed by atoms with E-state index in [4.69, 9.17) is 10.6 Å². The number of nitrogens with two attached hydrogens (primary N) is 1. The summed E-state index contributed by atoms with van der Waals surface area (Å²) in [5, 5.41) is 0. The van der Waals surface area contributed by atoms with Gasteiger partial charge >= 0.3 is 0 Å². The molecule has 1 aliphatic carbocycles.